The molecular weight excluding hydrogens is 271 g/mol. The molecule has 0 aliphatic heterocycles. The molecule has 1 unspecified atom stereocenters. The molecule has 1 rings (SSSR count). The summed E-state index contributed by atoms with van der Waals surface area (Å²) in [5.74, 6) is 0. The third kappa shape index (κ3) is 3.76. The Labute approximate surface area is 137 Å². The zero-order valence-corrected chi connectivity index (χ0v) is 16.1. The minimum absolute atomic E-state index is 0.0928. The molecule has 0 amide bonds. The van der Waals surface area contributed by atoms with E-state index in [0.717, 1.165) is 0 Å². The Morgan fingerprint density at radius 1 is 1.14 bits per heavy atom. The summed E-state index contributed by atoms with van der Waals surface area (Å²) in [5, 5.41) is 10.6. The minimum Gasteiger partial charge on any atom is -0.388 e. The summed E-state index contributed by atoms with van der Waals surface area (Å²) in [5.41, 5.74) is 1.34. The van der Waals surface area contributed by atoms with Crippen LogP contribution in [0, 0.1) is 5.41 Å². The maximum absolute atomic E-state index is 10.6. The molecule has 0 saturated carbocycles. The van der Waals surface area contributed by atoms with Gasteiger partial charge in [-0.05, 0) is 19.3 Å². The van der Waals surface area contributed by atoms with Gasteiger partial charge in [0, 0.05) is 0 Å². The highest BCUT2D eigenvalue weighted by atomic mass is 16.3. The van der Waals surface area contributed by atoms with Crippen molar-refractivity contribution in [1.82, 2.24) is 4.57 Å². The lowest BCUT2D eigenvalue weighted by Crippen LogP contribution is -2.67. The van der Waals surface area contributed by atoms with E-state index < -0.39 is 6.15 Å². The first-order valence-electron chi connectivity index (χ1n) is 9.12. The molecule has 0 aliphatic rings. The van der Waals surface area contributed by atoms with Crippen LogP contribution in [0.15, 0.2) is 12.4 Å². The van der Waals surface area contributed by atoms with Crippen LogP contribution in [-0.4, -0.2) is 21.9 Å². The van der Waals surface area contributed by atoms with Crippen LogP contribution in [-0.2, 0) is 6.54 Å². The van der Waals surface area contributed by atoms with Gasteiger partial charge in [-0.15, -0.1) is 0 Å². The minimum atomic E-state index is -0.575. The van der Waals surface area contributed by atoms with Crippen molar-refractivity contribution in [2.75, 3.05) is 0 Å². The van der Waals surface area contributed by atoms with Crippen LogP contribution in [0.1, 0.15) is 61.4 Å². The third-order valence-electron chi connectivity index (χ3n) is 5.78. The summed E-state index contributed by atoms with van der Waals surface area (Å²) >= 11 is 0. The van der Waals surface area contributed by atoms with Gasteiger partial charge in [-0.1, -0.05) is 41.5 Å². The van der Waals surface area contributed by atoms with E-state index in [1.807, 2.05) is 0 Å². The topological polar surface area (TPSA) is 29.0 Å². The summed E-state index contributed by atoms with van der Waals surface area (Å²) in [4.78, 5) is 0. The smallest absolute Gasteiger partial charge is 0.126 e. The first-order chi connectivity index (χ1) is 10.1. The van der Waals surface area contributed by atoms with Crippen LogP contribution in [0.25, 0.3) is 0 Å². The van der Waals surface area contributed by atoms with Crippen molar-refractivity contribution in [3.8, 4) is 0 Å². The molecule has 1 aromatic rings. The highest BCUT2D eigenvalue weighted by Crippen LogP contribution is 2.22. The lowest BCUT2D eigenvalue weighted by Gasteiger charge is -2.35. The zero-order valence-electron chi connectivity index (χ0n) is 16.1. The second kappa shape index (κ2) is 7.20. The molecule has 22 heavy (non-hydrogen) atoms. The Morgan fingerprint density at radius 2 is 1.64 bits per heavy atom. The van der Waals surface area contributed by atoms with E-state index in [1.54, 1.807) is 0 Å². The van der Waals surface area contributed by atoms with Crippen LogP contribution >= 0.6 is 0 Å². The van der Waals surface area contributed by atoms with E-state index in [9.17, 15) is 5.11 Å². The van der Waals surface area contributed by atoms with Gasteiger partial charge in [0.1, 0.15) is 25.1 Å². The van der Waals surface area contributed by atoms with Crippen molar-refractivity contribution in [1.29, 1.82) is 0 Å². The SMILES string of the molecule is CC[B-](CC)(CC)c1n(C(C)C)cc[n+]1CC(O)C(C)(C)C. The number of rotatable bonds is 7. The number of aromatic nitrogens is 2. The van der Waals surface area contributed by atoms with Gasteiger partial charge in [0.2, 0.25) is 0 Å². The number of aliphatic hydroxyl groups is 1. The van der Waals surface area contributed by atoms with Gasteiger partial charge in [-0.25, -0.2) is 0 Å². The van der Waals surface area contributed by atoms with E-state index in [0.29, 0.717) is 12.6 Å². The molecule has 0 aromatic carbocycles. The van der Waals surface area contributed by atoms with E-state index in [1.165, 1.54) is 24.7 Å². The maximum Gasteiger partial charge on any atom is 0.126 e. The lowest BCUT2D eigenvalue weighted by atomic mass is 9.19. The molecule has 0 aliphatic carbocycles. The van der Waals surface area contributed by atoms with Crippen LogP contribution < -0.4 is 10.3 Å². The molecule has 0 radical (unpaired) electrons. The van der Waals surface area contributed by atoms with E-state index in [-0.39, 0.29) is 11.5 Å². The molecule has 1 aromatic heterocycles. The van der Waals surface area contributed by atoms with Gasteiger partial charge in [0.15, 0.2) is 0 Å². The number of hydrogen-bond donors (Lipinski definition) is 1. The molecule has 4 heteroatoms. The first kappa shape index (κ1) is 19.3. The highest BCUT2D eigenvalue weighted by molar-refractivity contribution is 6.90. The summed E-state index contributed by atoms with van der Waals surface area (Å²) in [6, 6.07) is 0.453. The Morgan fingerprint density at radius 3 is 2.00 bits per heavy atom. The van der Waals surface area contributed by atoms with Gasteiger partial charge < -0.3 is 5.11 Å². The highest BCUT2D eigenvalue weighted by Gasteiger charge is 2.35. The van der Waals surface area contributed by atoms with Gasteiger partial charge >= 0.3 is 0 Å². The molecule has 1 N–H and O–H groups in total. The Balaban J connectivity index is 3.36. The van der Waals surface area contributed by atoms with Crippen molar-refractivity contribution in [3.05, 3.63) is 12.4 Å². The Bertz CT molecular complexity index is 462. The summed E-state index contributed by atoms with van der Waals surface area (Å²) < 4.78 is 4.75. The van der Waals surface area contributed by atoms with Crippen molar-refractivity contribution >= 4 is 11.9 Å². The van der Waals surface area contributed by atoms with Crippen LogP contribution in [0.4, 0.5) is 0 Å². The first-order valence-corrected chi connectivity index (χ1v) is 9.12. The second-order valence-corrected chi connectivity index (χ2v) is 8.39. The molecule has 0 fully saturated rings. The van der Waals surface area contributed by atoms with Gasteiger partial charge in [-0.3, -0.25) is 9.13 Å². The van der Waals surface area contributed by atoms with Crippen molar-refractivity contribution < 1.29 is 9.67 Å². The fourth-order valence-electron chi connectivity index (χ4n) is 3.59. The fourth-order valence-corrected chi connectivity index (χ4v) is 3.59. The third-order valence-corrected chi connectivity index (χ3v) is 5.78. The molecule has 128 valence electrons. The summed E-state index contributed by atoms with van der Waals surface area (Å²) in [6.07, 6.45) is 7.03. The fraction of sp³-hybridized carbons (Fsp3) is 0.833. The molecule has 0 spiro atoms. The Hall–Kier alpha value is -0.765. The zero-order chi connectivity index (χ0) is 17.1. The van der Waals surface area contributed by atoms with Crippen molar-refractivity contribution in [2.24, 2.45) is 5.41 Å². The maximum atomic E-state index is 10.6. The van der Waals surface area contributed by atoms with E-state index >= 15 is 0 Å². The molecule has 0 saturated heterocycles. The summed E-state index contributed by atoms with van der Waals surface area (Å²) in [6.45, 7) is 18.4. The second-order valence-electron chi connectivity index (χ2n) is 8.39. The number of imidazole rings is 1. The predicted molar refractivity (Wildman–Crippen MR) is 97.3 cm³/mol. The molecule has 3 nitrogen and oxygen atoms in total. The largest absolute Gasteiger partial charge is 0.388 e. The van der Waals surface area contributed by atoms with Crippen molar-refractivity contribution in [3.63, 3.8) is 0 Å². The number of aliphatic hydroxyl groups excluding tert-OH is 1. The average Bonchev–Trinajstić information content (AvgIpc) is 2.85. The molecule has 1 atom stereocenters. The lowest BCUT2D eigenvalue weighted by molar-refractivity contribution is -0.689. The summed E-state index contributed by atoms with van der Waals surface area (Å²) in [7, 11) is 0. The monoisotopic (exact) mass is 308 g/mol. The van der Waals surface area contributed by atoms with Crippen LogP contribution in [0.5, 0.6) is 0 Å². The molecule has 0 bridgehead atoms. The number of hydrogen-bond acceptors (Lipinski definition) is 1. The van der Waals surface area contributed by atoms with Gasteiger partial charge in [0.05, 0.1) is 17.9 Å². The molecule has 1 heterocycles. The van der Waals surface area contributed by atoms with E-state index in [4.69, 9.17) is 0 Å². The number of nitrogens with zero attached hydrogens (tertiary/aromatic N) is 2. The Kier molecular flexibility index (Phi) is 6.31. The van der Waals surface area contributed by atoms with Crippen LogP contribution in [0.2, 0.25) is 19.0 Å². The van der Waals surface area contributed by atoms with E-state index in [2.05, 4.69) is 76.9 Å². The standard InChI is InChI=1S/C18H37BN2O/c1-9-19(10-2,11-3)17-20(12-13-21(17)15(4)5)14-16(22)18(6,7)8/h12-13,15-16,22H,9-11,14H2,1-8H3. The van der Waals surface area contributed by atoms with Crippen molar-refractivity contribution in [2.45, 2.75) is 93.0 Å². The quantitative estimate of drug-likeness (QED) is 0.606. The normalized spacial score (nSPS) is 14.6. The van der Waals surface area contributed by atoms with Gasteiger partial charge in [-0.2, -0.15) is 19.0 Å². The average molecular weight is 308 g/mol. The van der Waals surface area contributed by atoms with Crippen LogP contribution in [0.3, 0.4) is 0 Å². The molecular formula is C18H37BN2O. The van der Waals surface area contributed by atoms with Gasteiger partial charge in [0.25, 0.3) is 0 Å². The predicted octanol–water partition coefficient (Wildman–Crippen LogP) is 3.48.